The number of hydrogen-bond acceptors (Lipinski definition) is 4. The Hall–Kier alpha value is -1.23. The third-order valence-electron chi connectivity index (χ3n) is 1.48. The Labute approximate surface area is 63.1 Å². The summed E-state index contributed by atoms with van der Waals surface area (Å²) in [7, 11) is 0. The lowest BCUT2D eigenvalue weighted by molar-refractivity contribution is -0.148. The molecule has 1 fully saturated rings. The Morgan fingerprint density at radius 1 is 1.36 bits per heavy atom. The maximum Gasteiger partial charge on any atom is 0.249 e. The van der Waals surface area contributed by atoms with Gasteiger partial charge in [-0.1, -0.05) is 0 Å². The molecule has 1 saturated heterocycles. The Bertz CT molecular complexity index is 208. The predicted octanol–water partition coefficient (Wildman–Crippen LogP) is -1.38. The summed E-state index contributed by atoms with van der Waals surface area (Å²) in [5, 5.41) is 0. The summed E-state index contributed by atoms with van der Waals surface area (Å²) in [5.41, 5.74) is 4.98. The van der Waals surface area contributed by atoms with E-state index in [1.807, 2.05) is 0 Å². The van der Waals surface area contributed by atoms with Crippen LogP contribution in [0.4, 0.5) is 0 Å². The zero-order chi connectivity index (χ0) is 8.43. The van der Waals surface area contributed by atoms with Crippen molar-refractivity contribution in [3.05, 3.63) is 0 Å². The quantitative estimate of drug-likeness (QED) is 0.474. The molecular weight excluding hydrogens is 148 g/mol. The second-order valence-corrected chi connectivity index (χ2v) is 2.22. The number of carbonyl (C=O) groups is 3. The molecule has 3 amide bonds. The number of hydrogen-bond donors (Lipinski definition) is 1. The number of nitrogens with two attached hydrogens (primary N) is 1. The molecule has 5 heteroatoms. The van der Waals surface area contributed by atoms with Gasteiger partial charge in [-0.05, 0) is 0 Å². The van der Waals surface area contributed by atoms with Crippen molar-refractivity contribution in [2.45, 2.75) is 12.8 Å². The Morgan fingerprint density at radius 3 is 2.18 bits per heavy atom. The van der Waals surface area contributed by atoms with Crippen molar-refractivity contribution in [3.63, 3.8) is 0 Å². The van der Waals surface area contributed by atoms with Crippen LogP contribution in [0.15, 0.2) is 0 Å². The molecule has 2 N–H and O–H groups in total. The molecule has 0 unspecified atom stereocenters. The average molecular weight is 156 g/mol. The summed E-state index contributed by atoms with van der Waals surface area (Å²) < 4.78 is 0. The minimum Gasteiger partial charge on any atom is -0.322 e. The molecule has 1 aliphatic heterocycles. The van der Waals surface area contributed by atoms with E-state index in [0.29, 0.717) is 4.90 Å². The van der Waals surface area contributed by atoms with Crippen LogP contribution in [0.1, 0.15) is 12.8 Å². The van der Waals surface area contributed by atoms with Crippen molar-refractivity contribution in [1.82, 2.24) is 4.90 Å². The third kappa shape index (κ3) is 1.27. The minimum atomic E-state index is -0.613. The van der Waals surface area contributed by atoms with Gasteiger partial charge < -0.3 is 5.73 Å². The number of imide groups is 3. The maximum absolute atomic E-state index is 10.8. The molecule has 0 aromatic rings. The molecule has 60 valence electrons. The molecule has 0 radical (unpaired) electrons. The summed E-state index contributed by atoms with van der Waals surface area (Å²) in [6.07, 6.45) is 0.259. The molecule has 0 aromatic heterocycles. The summed E-state index contributed by atoms with van der Waals surface area (Å²) in [4.78, 5) is 33.0. The van der Waals surface area contributed by atoms with Gasteiger partial charge >= 0.3 is 0 Å². The first-order valence-electron chi connectivity index (χ1n) is 3.25. The topological polar surface area (TPSA) is 80.5 Å². The normalized spacial score (nSPS) is 17.7. The lowest BCUT2D eigenvalue weighted by Crippen LogP contribution is -2.39. The molecule has 0 atom stereocenters. The lowest BCUT2D eigenvalue weighted by atomic mass is 10.4. The average Bonchev–Trinajstić information content (AvgIpc) is 2.30. The van der Waals surface area contributed by atoms with Crippen LogP contribution in [0.2, 0.25) is 0 Å². The summed E-state index contributed by atoms with van der Waals surface area (Å²) in [6.45, 7) is -0.294. The van der Waals surface area contributed by atoms with Crippen LogP contribution < -0.4 is 5.73 Å². The monoisotopic (exact) mass is 156 g/mol. The smallest absolute Gasteiger partial charge is 0.249 e. The van der Waals surface area contributed by atoms with Crippen molar-refractivity contribution in [2.24, 2.45) is 5.73 Å². The van der Waals surface area contributed by atoms with Crippen molar-refractivity contribution < 1.29 is 14.4 Å². The molecular formula is C6H8N2O3. The van der Waals surface area contributed by atoms with Crippen LogP contribution in [0, 0.1) is 0 Å². The van der Waals surface area contributed by atoms with Crippen molar-refractivity contribution in [1.29, 1.82) is 0 Å². The second kappa shape index (κ2) is 2.79. The highest BCUT2D eigenvalue weighted by Crippen LogP contribution is 2.10. The van der Waals surface area contributed by atoms with E-state index in [1.165, 1.54) is 0 Å². The zero-order valence-corrected chi connectivity index (χ0v) is 5.87. The Balaban J connectivity index is 2.76. The lowest BCUT2D eigenvalue weighted by Gasteiger charge is -2.08. The van der Waals surface area contributed by atoms with Gasteiger partial charge in [0.2, 0.25) is 17.7 Å². The Morgan fingerprint density at radius 2 is 1.82 bits per heavy atom. The van der Waals surface area contributed by atoms with Crippen LogP contribution >= 0.6 is 0 Å². The van der Waals surface area contributed by atoms with E-state index < -0.39 is 17.7 Å². The van der Waals surface area contributed by atoms with Crippen LogP contribution in [-0.4, -0.2) is 29.2 Å². The van der Waals surface area contributed by atoms with Gasteiger partial charge in [-0.25, -0.2) is 4.90 Å². The molecule has 0 spiro atoms. The molecule has 11 heavy (non-hydrogen) atoms. The molecule has 1 aliphatic rings. The summed E-state index contributed by atoms with van der Waals surface area (Å²) in [6, 6.07) is 0. The first-order chi connectivity index (χ1) is 5.16. The molecule has 1 heterocycles. The number of likely N-dealkylation sites (tertiary alicyclic amines) is 1. The Kier molecular flexibility index (Phi) is 2.00. The van der Waals surface area contributed by atoms with Gasteiger partial charge in [-0.2, -0.15) is 0 Å². The third-order valence-corrected chi connectivity index (χ3v) is 1.48. The van der Waals surface area contributed by atoms with Gasteiger partial charge in [0.05, 0.1) is 6.54 Å². The summed E-state index contributed by atoms with van der Waals surface area (Å²) >= 11 is 0. The highest BCUT2D eigenvalue weighted by atomic mass is 16.2. The van der Waals surface area contributed by atoms with E-state index in [1.54, 1.807) is 0 Å². The fraction of sp³-hybridized carbons (Fsp3) is 0.500. The first kappa shape index (κ1) is 7.87. The molecule has 0 aromatic carbocycles. The van der Waals surface area contributed by atoms with Crippen LogP contribution in [-0.2, 0) is 14.4 Å². The standard InChI is InChI=1S/C6H8N2O3/c7-3-6(11)8-4(9)1-2-5(8)10/h1-3,7H2. The van der Waals surface area contributed by atoms with E-state index in [-0.39, 0.29) is 19.4 Å². The van der Waals surface area contributed by atoms with Crippen LogP contribution in [0.5, 0.6) is 0 Å². The zero-order valence-electron chi connectivity index (χ0n) is 5.87. The van der Waals surface area contributed by atoms with E-state index in [0.717, 1.165) is 0 Å². The minimum absolute atomic E-state index is 0.130. The molecule has 1 rings (SSSR count). The van der Waals surface area contributed by atoms with E-state index >= 15 is 0 Å². The van der Waals surface area contributed by atoms with Crippen molar-refractivity contribution in [2.75, 3.05) is 6.54 Å². The van der Waals surface area contributed by atoms with Crippen LogP contribution in [0.25, 0.3) is 0 Å². The summed E-state index contributed by atoms with van der Waals surface area (Å²) in [5.74, 6) is -1.49. The number of rotatable bonds is 1. The van der Waals surface area contributed by atoms with E-state index in [4.69, 9.17) is 5.73 Å². The molecule has 0 bridgehead atoms. The van der Waals surface area contributed by atoms with Crippen molar-refractivity contribution in [3.8, 4) is 0 Å². The van der Waals surface area contributed by atoms with E-state index in [2.05, 4.69) is 0 Å². The number of nitrogens with zero attached hydrogens (tertiary/aromatic N) is 1. The van der Waals surface area contributed by atoms with Gasteiger partial charge in [-0.3, -0.25) is 14.4 Å². The highest BCUT2D eigenvalue weighted by Gasteiger charge is 2.33. The van der Waals surface area contributed by atoms with Gasteiger partial charge in [0.25, 0.3) is 0 Å². The number of amides is 3. The fourth-order valence-electron chi connectivity index (χ4n) is 0.946. The van der Waals surface area contributed by atoms with Gasteiger partial charge in [0, 0.05) is 12.8 Å². The predicted molar refractivity (Wildman–Crippen MR) is 35.1 cm³/mol. The SMILES string of the molecule is NCC(=O)N1C(=O)CCC1=O. The highest BCUT2D eigenvalue weighted by molar-refractivity contribution is 6.15. The van der Waals surface area contributed by atoms with Gasteiger partial charge in [-0.15, -0.1) is 0 Å². The molecule has 0 aliphatic carbocycles. The number of carbonyl (C=O) groups excluding carboxylic acids is 3. The van der Waals surface area contributed by atoms with Gasteiger partial charge in [0.1, 0.15) is 0 Å². The fourth-order valence-corrected chi connectivity index (χ4v) is 0.946. The molecule has 5 nitrogen and oxygen atoms in total. The second-order valence-electron chi connectivity index (χ2n) is 2.22. The first-order valence-corrected chi connectivity index (χ1v) is 3.25. The van der Waals surface area contributed by atoms with Crippen LogP contribution in [0.3, 0.4) is 0 Å². The maximum atomic E-state index is 10.8. The van der Waals surface area contributed by atoms with Crippen molar-refractivity contribution >= 4 is 17.7 Å². The van der Waals surface area contributed by atoms with Gasteiger partial charge in [0.15, 0.2) is 0 Å². The molecule has 0 saturated carbocycles. The largest absolute Gasteiger partial charge is 0.322 e. The van der Waals surface area contributed by atoms with E-state index in [9.17, 15) is 14.4 Å².